The van der Waals surface area contributed by atoms with Crippen LogP contribution in [0.4, 0.5) is 5.69 Å². The Labute approximate surface area is 131 Å². The topological polar surface area (TPSA) is 69.6 Å². The molecule has 22 heavy (non-hydrogen) atoms. The lowest BCUT2D eigenvalue weighted by Crippen LogP contribution is -2.49. The minimum absolute atomic E-state index is 0.0247. The van der Waals surface area contributed by atoms with Gasteiger partial charge in [0.05, 0.1) is 6.61 Å². The highest BCUT2D eigenvalue weighted by Gasteiger charge is 2.34. The number of benzene rings is 1. The third-order valence-corrected chi connectivity index (χ3v) is 4.24. The van der Waals surface area contributed by atoms with Gasteiger partial charge in [0, 0.05) is 24.2 Å². The molecule has 1 atom stereocenters. The van der Waals surface area contributed by atoms with Crippen LogP contribution in [0.3, 0.4) is 0 Å². The number of aliphatic hydroxyl groups is 1. The summed E-state index contributed by atoms with van der Waals surface area (Å²) in [7, 11) is 0. The quantitative estimate of drug-likeness (QED) is 0.837. The van der Waals surface area contributed by atoms with Gasteiger partial charge in [-0.1, -0.05) is 26.0 Å². The lowest BCUT2D eigenvalue weighted by Gasteiger charge is -2.38. The maximum atomic E-state index is 12.3. The second kappa shape index (κ2) is 6.92. The van der Waals surface area contributed by atoms with Gasteiger partial charge in [-0.15, -0.1) is 0 Å². The van der Waals surface area contributed by atoms with E-state index in [4.69, 9.17) is 0 Å². The van der Waals surface area contributed by atoms with Crippen LogP contribution in [0, 0.1) is 5.41 Å². The molecule has 2 N–H and O–H groups in total. The van der Waals surface area contributed by atoms with Gasteiger partial charge in [0.15, 0.2) is 0 Å². The molecule has 1 aliphatic heterocycles. The van der Waals surface area contributed by atoms with Gasteiger partial charge in [0.25, 0.3) is 0 Å². The average molecular weight is 304 g/mol. The van der Waals surface area contributed by atoms with Gasteiger partial charge in [0.1, 0.15) is 0 Å². The van der Waals surface area contributed by atoms with Crippen LogP contribution >= 0.6 is 0 Å². The first kappa shape index (κ1) is 16.5. The van der Waals surface area contributed by atoms with Crippen molar-refractivity contribution in [1.82, 2.24) is 4.90 Å². The van der Waals surface area contributed by atoms with E-state index in [9.17, 15) is 14.7 Å². The molecule has 2 amide bonds. The molecular formula is C17H24N2O3. The van der Waals surface area contributed by atoms with E-state index < -0.39 is 11.8 Å². The van der Waals surface area contributed by atoms with Gasteiger partial charge >= 0.3 is 11.8 Å². The molecule has 120 valence electrons. The number of aryl methyl sites for hydroxylation is 1. The fraction of sp³-hybridized carbons (Fsp3) is 0.529. The summed E-state index contributed by atoms with van der Waals surface area (Å²) in [6.45, 7) is 4.99. The van der Waals surface area contributed by atoms with E-state index in [1.165, 1.54) is 0 Å². The number of hydrogen-bond acceptors (Lipinski definition) is 3. The highest BCUT2D eigenvalue weighted by Crippen LogP contribution is 2.28. The fourth-order valence-corrected chi connectivity index (χ4v) is 2.82. The number of nitrogens with zero attached hydrogens (tertiary/aromatic N) is 1. The van der Waals surface area contributed by atoms with Gasteiger partial charge < -0.3 is 15.3 Å². The predicted molar refractivity (Wildman–Crippen MR) is 85.5 cm³/mol. The van der Waals surface area contributed by atoms with Gasteiger partial charge in [-0.25, -0.2) is 0 Å². The van der Waals surface area contributed by atoms with Crippen LogP contribution in [0.25, 0.3) is 0 Å². The highest BCUT2D eigenvalue weighted by atomic mass is 16.3. The number of likely N-dealkylation sites (tertiary alicyclic amines) is 1. The smallest absolute Gasteiger partial charge is 0.313 e. The Hall–Kier alpha value is -1.88. The first-order valence-corrected chi connectivity index (χ1v) is 7.77. The Morgan fingerprint density at radius 3 is 2.86 bits per heavy atom. The first-order valence-electron chi connectivity index (χ1n) is 7.77. The molecule has 0 spiro atoms. The van der Waals surface area contributed by atoms with Crippen molar-refractivity contribution in [3.05, 3.63) is 29.8 Å². The van der Waals surface area contributed by atoms with Crippen LogP contribution in [-0.2, 0) is 16.0 Å². The number of carbonyl (C=O) groups excluding carboxylic acids is 2. The molecule has 1 fully saturated rings. The summed E-state index contributed by atoms with van der Waals surface area (Å²) in [6, 6.07) is 7.50. The van der Waals surface area contributed by atoms with Crippen LogP contribution in [0.15, 0.2) is 24.3 Å². The standard InChI is InChI=1S/C17H24N2O3/c1-3-13-6-4-7-14(10-13)18-15(21)16(22)19-9-5-8-17(2,11-19)12-20/h4,6-7,10,20H,3,5,8-9,11-12H2,1-2H3,(H,18,21). The SMILES string of the molecule is CCc1cccc(NC(=O)C(=O)N2CCCC(C)(CO)C2)c1. The second-order valence-electron chi connectivity index (χ2n) is 6.31. The Kier molecular flexibility index (Phi) is 5.19. The van der Waals surface area contributed by atoms with Crippen molar-refractivity contribution in [2.45, 2.75) is 33.1 Å². The van der Waals surface area contributed by atoms with E-state index >= 15 is 0 Å². The zero-order chi connectivity index (χ0) is 16.2. The summed E-state index contributed by atoms with van der Waals surface area (Å²) in [6.07, 6.45) is 2.55. The molecule has 0 radical (unpaired) electrons. The molecule has 1 aromatic rings. The molecule has 2 rings (SSSR count). The van der Waals surface area contributed by atoms with Crippen LogP contribution in [0.5, 0.6) is 0 Å². The van der Waals surface area contributed by atoms with E-state index in [0.29, 0.717) is 18.8 Å². The van der Waals surface area contributed by atoms with Crippen molar-refractivity contribution in [2.24, 2.45) is 5.41 Å². The Morgan fingerprint density at radius 1 is 1.41 bits per heavy atom. The van der Waals surface area contributed by atoms with Crippen LogP contribution in [0.1, 0.15) is 32.3 Å². The minimum atomic E-state index is -0.615. The number of carbonyl (C=O) groups is 2. The number of aliphatic hydroxyl groups excluding tert-OH is 1. The maximum absolute atomic E-state index is 12.3. The minimum Gasteiger partial charge on any atom is -0.396 e. The largest absolute Gasteiger partial charge is 0.396 e. The van der Waals surface area contributed by atoms with Crippen molar-refractivity contribution in [1.29, 1.82) is 0 Å². The molecule has 1 unspecified atom stereocenters. The van der Waals surface area contributed by atoms with Crippen LogP contribution in [0.2, 0.25) is 0 Å². The van der Waals surface area contributed by atoms with E-state index in [2.05, 4.69) is 5.32 Å². The molecule has 1 aromatic carbocycles. The van der Waals surface area contributed by atoms with Gasteiger partial charge in [-0.05, 0) is 37.0 Å². The van der Waals surface area contributed by atoms with Crippen molar-refractivity contribution in [3.8, 4) is 0 Å². The number of anilines is 1. The Morgan fingerprint density at radius 2 is 2.18 bits per heavy atom. The number of hydrogen-bond donors (Lipinski definition) is 2. The molecule has 0 aromatic heterocycles. The zero-order valence-corrected chi connectivity index (χ0v) is 13.3. The number of amides is 2. The normalized spacial score (nSPS) is 21.5. The summed E-state index contributed by atoms with van der Waals surface area (Å²) in [4.78, 5) is 26.0. The maximum Gasteiger partial charge on any atom is 0.313 e. The highest BCUT2D eigenvalue weighted by molar-refractivity contribution is 6.39. The number of piperidine rings is 1. The second-order valence-corrected chi connectivity index (χ2v) is 6.31. The lowest BCUT2D eigenvalue weighted by atomic mass is 9.83. The fourth-order valence-electron chi connectivity index (χ4n) is 2.82. The lowest BCUT2D eigenvalue weighted by molar-refractivity contribution is -0.145. The van der Waals surface area contributed by atoms with Crippen molar-refractivity contribution in [3.63, 3.8) is 0 Å². The third-order valence-electron chi connectivity index (χ3n) is 4.24. The van der Waals surface area contributed by atoms with Crippen molar-refractivity contribution < 1.29 is 14.7 Å². The summed E-state index contributed by atoms with van der Waals surface area (Å²) < 4.78 is 0. The molecule has 1 saturated heterocycles. The van der Waals surface area contributed by atoms with Gasteiger partial charge in [-0.2, -0.15) is 0 Å². The summed E-state index contributed by atoms with van der Waals surface area (Å²) in [5.41, 5.74) is 1.44. The summed E-state index contributed by atoms with van der Waals surface area (Å²) in [5, 5.41) is 12.1. The molecule has 0 bridgehead atoms. The predicted octanol–water partition coefficient (Wildman–Crippen LogP) is 1.81. The van der Waals surface area contributed by atoms with Crippen LogP contribution in [-0.4, -0.2) is 41.5 Å². The monoisotopic (exact) mass is 304 g/mol. The van der Waals surface area contributed by atoms with Gasteiger partial charge in [-0.3, -0.25) is 9.59 Å². The molecule has 1 heterocycles. The molecule has 1 aliphatic rings. The molecule has 0 saturated carbocycles. The summed E-state index contributed by atoms with van der Waals surface area (Å²) >= 11 is 0. The van der Waals surface area contributed by atoms with Crippen molar-refractivity contribution in [2.75, 3.05) is 25.0 Å². The van der Waals surface area contributed by atoms with E-state index in [-0.39, 0.29) is 12.0 Å². The van der Waals surface area contributed by atoms with E-state index in [0.717, 1.165) is 24.8 Å². The molecule has 5 nitrogen and oxygen atoms in total. The zero-order valence-electron chi connectivity index (χ0n) is 13.3. The van der Waals surface area contributed by atoms with E-state index in [1.54, 1.807) is 11.0 Å². The van der Waals surface area contributed by atoms with Gasteiger partial charge in [0.2, 0.25) is 0 Å². The number of nitrogens with one attached hydrogen (secondary N) is 1. The average Bonchev–Trinajstić information content (AvgIpc) is 2.54. The Balaban J connectivity index is 2.01. The Bertz CT molecular complexity index is 559. The van der Waals surface area contributed by atoms with Crippen LogP contribution < -0.4 is 5.32 Å². The third kappa shape index (κ3) is 3.85. The van der Waals surface area contributed by atoms with Crippen molar-refractivity contribution >= 4 is 17.5 Å². The first-order chi connectivity index (χ1) is 10.5. The molecule has 5 heteroatoms. The molecular weight excluding hydrogens is 280 g/mol. The van der Waals surface area contributed by atoms with E-state index in [1.807, 2.05) is 32.0 Å². The summed E-state index contributed by atoms with van der Waals surface area (Å²) in [5.74, 6) is -1.14. The number of rotatable bonds is 3. The molecule has 0 aliphatic carbocycles.